The summed E-state index contributed by atoms with van der Waals surface area (Å²) in [5, 5.41) is 6.10. The van der Waals surface area contributed by atoms with Crippen LogP contribution in [0.3, 0.4) is 0 Å². The summed E-state index contributed by atoms with van der Waals surface area (Å²) < 4.78 is 36.6. The Morgan fingerprint density at radius 2 is 1.95 bits per heavy atom. The molecule has 2 rings (SSSR count). The van der Waals surface area contributed by atoms with Crippen LogP contribution in [0.1, 0.15) is 5.56 Å². The molecule has 1 aromatic carbocycles. The van der Waals surface area contributed by atoms with E-state index in [1.807, 2.05) is 12.1 Å². The number of benzene rings is 1. The number of ether oxygens (including phenoxy) is 2. The summed E-state index contributed by atoms with van der Waals surface area (Å²) in [6.45, 7) is 0.275. The van der Waals surface area contributed by atoms with Crippen LogP contribution in [0.2, 0.25) is 0 Å². The van der Waals surface area contributed by atoms with Crippen molar-refractivity contribution in [1.82, 2.24) is 14.9 Å². The van der Waals surface area contributed by atoms with Crippen molar-refractivity contribution >= 4 is 10.0 Å². The van der Waals surface area contributed by atoms with E-state index in [1.165, 1.54) is 12.3 Å². The van der Waals surface area contributed by atoms with Crippen molar-refractivity contribution in [2.75, 3.05) is 20.8 Å². The van der Waals surface area contributed by atoms with E-state index in [0.717, 1.165) is 5.56 Å². The molecule has 0 amide bonds. The third-order valence-electron chi connectivity index (χ3n) is 2.92. The van der Waals surface area contributed by atoms with Crippen LogP contribution >= 0.6 is 0 Å². The maximum atomic E-state index is 11.9. The number of aromatic amines is 1. The molecule has 0 spiro atoms. The van der Waals surface area contributed by atoms with E-state index in [1.54, 1.807) is 20.3 Å². The zero-order valence-electron chi connectivity index (χ0n) is 11.8. The third-order valence-corrected chi connectivity index (χ3v) is 4.31. The molecule has 21 heavy (non-hydrogen) atoms. The van der Waals surface area contributed by atoms with Crippen molar-refractivity contribution in [1.29, 1.82) is 0 Å². The Kier molecular flexibility index (Phi) is 4.81. The summed E-state index contributed by atoms with van der Waals surface area (Å²) in [6.07, 6.45) is 1.93. The topological polar surface area (TPSA) is 93.3 Å². The largest absolute Gasteiger partial charge is 0.493 e. The Balaban J connectivity index is 1.98. The second kappa shape index (κ2) is 6.59. The van der Waals surface area contributed by atoms with Crippen LogP contribution in [0.25, 0.3) is 0 Å². The van der Waals surface area contributed by atoms with Crippen molar-refractivity contribution in [3.63, 3.8) is 0 Å². The van der Waals surface area contributed by atoms with Crippen LogP contribution < -0.4 is 14.2 Å². The van der Waals surface area contributed by atoms with Crippen molar-refractivity contribution in [2.45, 2.75) is 11.4 Å². The zero-order chi connectivity index (χ0) is 15.3. The molecule has 2 aromatic rings. The van der Waals surface area contributed by atoms with E-state index in [2.05, 4.69) is 14.9 Å². The first-order chi connectivity index (χ1) is 10.1. The molecule has 1 heterocycles. The predicted octanol–water partition coefficient (Wildman–Crippen LogP) is 0.948. The van der Waals surface area contributed by atoms with Gasteiger partial charge in [-0.25, -0.2) is 13.1 Å². The lowest BCUT2D eigenvalue weighted by Crippen LogP contribution is -2.26. The molecule has 0 bridgehead atoms. The van der Waals surface area contributed by atoms with Gasteiger partial charge in [-0.3, -0.25) is 5.10 Å². The van der Waals surface area contributed by atoms with Crippen LogP contribution in [0.5, 0.6) is 11.5 Å². The standard InChI is InChI=1S/C13H17N3O4S/c1-19-11-4-3-10(9-12(11)20-2)5-8-15-21(17,18)13-6-7-14-16-13/h3-4,6-7,9,15H,5,8H2,1-2H3,(H,14,16). The first-order valence-corrected chi connectivity index (χ1v) is 7.75. The third kappa shape index (κ3) is 3.73. The van der Waals surface area contributed by atoms with E-state index in [-0.39, 0.29) is 11.6 Å². The monoisotopic (exact) mass is 311 g/mol. The van der Waals surface area contributed by atoms with Crippen molar-refractivity contribution in [2.24, 2.45) is 0 Å². The highest BCUT2D eigenvalue weighted by molar-refractivity contribution is 7.89. The van der Waals surface area contributed by atoms with E-state index in [0.29, 0.717) is 17.9 Å². The highest BCUT2D eigenvalue weighted by Crippen LogP contribution is 2.27. The minimum absolute atomic E-state index is 0.0508. The van der Waals surface area contributed by atoms with Gasteiger partial charge in [0.25, 0.3) is 10.0 Å². The van der Waals surface area contributed by atoms with Gasteiger partial charge in [0.2, 0.25) is 0 Å². The Labute approximate surface area is 123 Å². The Morgan fingerprint density at radius 3 is 2.57 bits per heavy atom. The number of hydrogen-bond acceptors (Lipinski definition) is 5. The van der Waals surface area contributed by atoms with Crippen LogP contribution in [0.15, 0.2) is 35.5 Å². The summed E-state index contributed by atoms with van der Waals surface area (Å²) in [5.41, 5.74) is 0.944. The summed E-state index contributed by atoms with van der Waals surface area (Å²) >= 11 is 0. The average molecular weight is 311 g/mol. The number of sulfonamides is 1. The lowest BCUT2D eigenvalue weighted by atomic mass is 10.1. The molecule has 0 aliphatic carbocycles. The van der Waals surface area contributed by atoms with Gasteiger partial charge in [0.15, 0.2) is 16.5 Å². The Bertz CT molecular complexity index is 683. The van der Waals surface area contributed by atoms with Crippen LogP contribution in [-0.4, -0.2) is 39.4 Å². The van der Waals surface area contributed by atoms with Gasteiger partial charge in [-0.1, -0.05) is 6.07 Å². The van der Waals surface area contributed by atoms with Gasteiger partial charge >= 0.3 is 0 Å². The fourth-order valence-corrected chi connectivity index (χ4v) is 2.78. The highest BCUT2D eigenvalue weighted by Gasteiger charge is 2.14. The van der Waals surface area contributed by atoms with Gasteiger partial charge in [0, 0.05) is 6.54 Å². The molecule has 0 atom stereocenters. The van der Waals surface area contributed by atoms with Crippen LogP contribution in [-0.2, 0) is 16.4 Å². The van der Waals surface area contributed by atoms with E-state index >= 15 is 0 Å². The SMILES string of the molecule is COc1ccc(CCNS(=O)(=O)c2ccn[nH]2)cc1OC. The summed E-state index contributed by atoms with van der Waals surface area (Å²) in [7, 11) is -0.416. The predicted molar refractivity (Wildman–Crippen MR) is 77.0 cm³/mol. The molecule has 0 aliphatic rings. The number of nitrogens with zero attached hydrogens (tertiary/aromatic N) is 1. The maximum Gasteiger partial charge on any atom is 0.257 e. The van der Waals surface area contributed by atoms with Gasteiger partial charge in [0.05, 0.1) is 20.4 Å². The average Bonchev–Trinajstić information content (AvgIpc) is 3.02. The molecule has 0 aliphatic heterocycles. The van der Waals surface area contributed by atoms with E-state index in [9.17, 15) is 8.42 Å². The molecule has 0 fully saturated rings. The molecule has 2 N–H and O–H groups in total. The number of nitrogens with one attached hydrogen (secondary N) is 2. The normalized spacial score (nSPS) is 11.3. The van der Waals surface area contributed by atoms with Crippen molar-refractivity contribution < 1.29 is 17.9 Å². The van der Waals surface area contributed by atoms with E-state index < -0.39 is 10.0 Å². The molecule has 1 aromatic heterocycles. The quantitative estimate of drug-likeness (QED) is 0.794. The van der Waals surface area contributed by atoms with Gasteiger partial charge in [-0.2, -0.15) is 5.10 Å². The van der Waals surface area contributed by atoms with Crippen LogP contribution in [0, 0.1) is 0 Å². The highest BCUT2D eigenvalue weighted by atomic mass is 32.2. The van der Waals surface area contributed by atoms with Gasteiger partial charge < -0.3 is 9.47 Å². The minimum atomic E-state index is -3.54. The minimum Gasteiger partial charge on any atom is -0.493 e. The van der Waals surface area contributed by atoms with E-state index in [4.69, 9.17) is 9.47 Å². The zero-order valence-corrected chi connectivity index (χ0v) is 12.6. The molecule has 0 unspecified atom stereocenters. The van der Waals surface area contributed by atoms with Crippen molar-refractivity contribution in [3.8, 4) is 11.5 Å². The van der Waals surface area contributed by atoms with Gasteiger partial charge in [0.1, 0.15) is 0 Å². The number of aromatic nitrogens is 2. The molecule has 114 valence electrons. The fraction of sp³-hybridized carbons (Fsp3) is 0.308. The number of methoxy groups -OCH3 is 2. The Morgan fingerprint density at radius 1 is 1.19 bits per heavy atom. The first kappa shape index (κ1) is 15.3. The summed E-state index contributed by atoms with van der Waals surface area (Å²) in [6, 6.07) is 6.88. The lowest BCUT2D eigenvalue weighted by molar-refractivity contribution is 0.354. The summed E-state index contributed by atoms with van der Waals surface area (Å²) in [5.74, 6) is 1.26. The molecular formula is C13H17N3O4S. The van der Waals surface area contributed by atoms with Crippen molar-refractivity contribution in [3.05, 3.63) is 36.0 Å². The molecule has 7 nitrogen and oxygen atoms in total. The van der Waals surface area contributed by atoms with Crippen LogP contribution in [0.4, 0.5) is 0 Å². The first-order valence-electron chi connectivity index (χ1n) is 6.27. The van der Waals surface area contributed by atoms with Gasteiger partial charge in [-0.05, 0) is 30.2 Å². The second-order valence-corrected chi connectivity index (χ2v) is 5.99. The summed E-state index contributed by atoms with van der Waals surface area (Å²) in [4.78, 5) is 0. The molecule has 0 saturated carbocycles. The molecular weight excluding hydrogens is 294 g/mol. The number of rotatable bonds is 7. The number of H-pyrrole nitrogens is 1. The smallest absolute Gasteiger partial charge is 0.257 e. The molecule has 0 saturated heterocycles. The Hall–Kier alpha value is -2.06. The lowest BCUT2D eigenvalue weighted by Gasteiger charge is -2.10. The molecule has 0 radical (unpaired) electrons. The maximum absolute atomic E-state index is 11.9. The second-order valence-electron chi connectivity index (χ2n) is 4.26. The van der Waals surface area contributed by atoms with Gasteiger partial charge in [-0.15, -0.1) is 0 Å². The number of hydrogen-bond donors (Lipinski definition) is 2. The molecule has 8 heteroatoms. The fourth-order valence-electron chi connectivity index (χ4n) is 1.84.